The zero-order chi connectivity index (χ0) is 13.0. The fourth-order valence-corrected chi connectivity index (χ4v) is 1.24. The summed E-state index contributed by atoms with van der Waals surface area (Å²) < 4.78 is 9.90. The number of methoxy groups -OCH3 is 1. The summed E-state index contributed by atoms with van der Waals surface area (Å²) in [5.41, 5.74) is 0. The number of hydrogen-bond donors (Lipinski definition) is 0. The molecule has 2 aromatic heterocycles. The van der Waals surface area contributed by atoms with Crippen LogP contribution < -0.4 is 4.74 Å². The molecule has 92 valence electrons. The van der Waals surface area contributed by atoms with Crippen LogP contribution in [-0.2, 0) is 0 Å². The van der Waals surface area contributed by atoms with Gasteiger partial charge in [0.1, 0.15) is 10.7 Å². The number of furan rings is 1. The van der Waals surface area contributed by atoms with Crippen LogP contribution in [0.3, 0.4) is 0 Å². The van der Waals surface area contributed by atoms with Crippen LogP contribution in [0.2, 0.25) is 0 Å². The minimum atomic E-state index is -0.598. The SMILES string of the molecule is COc1ccnc(/C=C/c2ccc([N+](=O)[O-])o2)n1. The summed E-state index contributed by atoms with van der Waals surface area (Å²) >= 11 is 0. The molecule has 0 saturated heterocycles. The highest BCUT2D eigenvalue weighted by atomic mass is 16.6. The number of hydrogen-bond acceptors (Lipinski definition) is 6. The number of rotatable bonds is 4. The summed E-state index contributed by atoms with van der Waals surface area (Å²) in [4.78, 5) is 17.9. The fraction of sp³-hybridized carbons (Fsp3) is 0.0909. The smallest absolute Gasteiger partial charge is 0.433 e. The van der Waals surface area contributed by atoms with Crippen molar-refractivity contribution in [3.63, 3.8) is 0 Å². The molecule has 0 saturated carbocycles. The first-order valence-electron chi connectivity index (χ1n) is 4.98. The third-order valence-electron chi connectivity index (χ3n) is 2.05. The van der Waals surface area contributed by atoms with E-state index < -0.39 is 4.92 Å². The van der Waals surface area contributed by atoms with Crippen molar-refractivity contribution < 1.29 is 14.1 Å². The highest BCUT2D eigenvalue weighted by Crippen LogP contribution is 2.17. The lowest BCUT2D eigenvalue weighted by Crippen LogP contribution is -1.91. The van der Waals surface area contributed by atoms with Crippen molar-refractivity contribution in [2.75, 3.05) is 7.11 Å². The van der Waals surface area contributed by atoms with E-state index in [-0.39, 0.29) is 5.88 Å². The standard InChI is InChI=1S/C11H9N3O4/c1-17-10-6-7-12-9(13-10)4-2-8-3-5-11(18-8)14(15)16/h2-7H,1H3/b4-2+. The first kappa shape index (κ1) is 11.8. The van der Waals surface area contributed by atoms with Gasteiger partial charge in [-0.2, -0.15) is 4.98 Å². The number of nitro groups is 1. The molecular weight excluding hydrogens is 238 g/mol. The Bertz CT molecular complexity index is 591. The summed E-state index contributed by atoms with van der Waals surface area (Å²) in [6.07, 6.45) is 4.67. The molecule has 2 rings (SSSR count). The largest absolute Gasteiger partial charge is 0.481 e. The average molecular weight is 247 g/mol. The van der Waals surface area contributed by atoms with Gasteiger partial charge in [0.05, 0.1) is 13.2 Å². The van der Waals surface area contributed by atoms with Gasteiger partial charge in [0, 0.05) is 12.3 Å². The molecule has 0 spiro atoms. The lowest BCUT2D eigenvalue weighted by Gasteiger charge is -1.97. The summed E-state index contributed by atoms with van der Waals surface area (Å²) in [7, 11) is 1.51. The number of ether oxygens (including phenoxy) is 1. The van der Waals surface area contributed by atoms with E-state index in [9.17, 15) is 10.1 Å². The molecule has 0 amide bonds. The maximum atomic E-state index is 10.4. The van der Waals surface area contributed by atoms with Crippen LogP contribution in [0.5, 0.6) is 5.88 Å². The molecule has 0 aliphatic carbocycles. The van der Waals surface area contributed by atoms with Gasteiger partial charge >= 0.3 is 5.88 Å². The maximum absolute atomic E-state index is 10.4. The van der Waals surface area contributed by atoms with E-state index in [4.69, 9.17) is 9.15 Å². The molecule has 7 nitrogen and oxygen atoms in total. The minimum absolute atomic E-state index is 0.304. The molecule has 0 fully saturated rings. The van der Waals surface area contributed by atoms with Gasteiger partial charge in [-0.05, 0) is 18.2 Å². The molecule has 0 aromatic carbocycles. The summed E-state index contributed by atoms with van der Waals surface area (Å²) in [5.74, 6) is 0.915. The molecule has 0 radical (unpaired) electrons. The predicted octanol–water partition coefficient (Wildman–Crippen LogP) is 2.16. The van der Waals surface area contributed by atoms with E-state index in [0.717, 1.165) is 0 Å². The molecular formula is C11H9N3O4. The number of aromatic nitrogens is 2. The molecule has 0 bridgehead atoms. The van der Waals surface area contributed by atoms with Crippen molar-refractivity contribution in [1.82, 2.24) is 9.97 Å². The Morgan fingerprint density at radius 3 is 2.89 bits per heavy atom. The Hall–Kier alpha value is -2.70. The van der Waals surface area contributed by atoms with Gasteiger partial charge in [-0.15, -0.1) is 0 Å². The molecule has 0 aliphatic heterocycles. The fourth-order valence-electron chi connectivity index (χ4n) is 1.24. The Morgan fingerprint density at radius 1 is 1.39 bits per heavy atom. The van der Waals surface area contributed by atoms with Crippen molar-refractivity contribution in [3.05, 3.63) is 46.1 Å². The summed E-state index contributed by atoms with van der Waals surface area (Å²) in [6.45, 7) is 0. The summed E-state index contributed by atoms with van der Waals surface area (Å²) in [6, 6.07) is 4.40. The van der Waals surface area contributed by atoms with E-state index >= 15 is 0 Å². The molecule has 0 unspecified atom stereocenters. The van der Waals surface area contributed by atoms with Gasteiger partial charge in [-0.25, -0.2) is 4.98 Å². The molecule has 0 aliphatic rings. The predicted molar refractivity (Wildman–Crippen MR) is 62.9 cm³/mol. The zero-order valence-corrected chi connectivity index (χ0v) is 9.44. The van der Waals surface area contributed by atoms with Crippen molar-refractivity contribution in [3.8, 4) is 5.88 Å². The highest BCUT2D eigenvalue weighted by Gasteiger charge is 2.09. The van der Waals surface area contributed by atoms with Gasteiger partial charge in [0.15, 0.2) is 5.82 Å². The van der Waals surface area contributed by atoms with Crippen molar-refractivity contribution >= 4 is 18.0 Å². The van der Waals surface area contributed by atoms with Crippen LogP contribution in [0.25, 0.3) is 12.2 Å². The first-order chi connectivity index (χ1) is 8.69. The van der Waals surface area contributed by atoms with Crippen LogP contribution in [0.4, 0.5) is 5.88 Å². The number of nitrogens with zero attached hydrogens (tertiary/aromatic N) is 3. The lowest BCUT2D eigenvalue weighted by molar-refractivity contribution is -0.402. The van der Waals surface area contributed by atoms with Gasteiger partial charge in [0.25, 0.3) is 0 Å². The van der Waals surface area contributed by atoms with Crippen LogP contribution in [0.15, 0.2) is 28.8 Å². The third kappa shape index (κ3) is 2.70. The Balaban J connectivity index is 2.16. The second kappa shape index (κ2) is 5.09. The normalized spacial score (nSPS) is 10.7. The first-order valence-corrected chi connectivity index (χ1v) is 4.98. The molecule has 0 atom stereocenters. The van der Waals surface area contributed by atoms with Crippen LogP contribution in [0, 0.1) is 10.1 Å². The molecule has 2 heterocycles. The van der Waals surface area contributed by atoms with Crippen molar-refractivity contribution in [2.45, 2.75) is 0 Å². The second-order valence-corrected chi connectivity index (χ2v) is 3.22. The second-order valence-electron chi connectivity index (χ2n) is 3.22. The zero-order valence-electron chi connectivity index (χ0n) is 9.44. The van der Waals surface area contributed by atoms with Gasteiger partial charge < -0.3 is 9.15 Å². The van der Waals surface area contributed by atoms with Crippen LogP contribution in [-0.4, -0.2) is 22.0 Å². The summed E-state index contributed by atoms with van der Waals surface area (Å²) in [5, 5.41) is 10.4. The van der Waals surface area contributed by atoms with E-state index in [1.807, 2.05) is 0 Å². The van der Waals surface area contributed by atoms with Gasteiger partial charge in [-0.1, -0.05) is 0 Å². The van der Waals surface area contributed by atoms with E-state index in [0.29, 0.717) is 17.5 Å². The molecule has 18 heavy (non-hydrogen) atoms. The monoisotopic (exact) mass is 247 g/mol. The quantitative estimate of drug-likeness (QED) is 0.607. The molecule has 2 aromatic rings. The van der Waals surface area contributed by atoms with Crippen molar-refractivity contribution in [1.29, 1.82) is 0 Å². The maximum Gasteiger partial charge on any atom is 0.433 e. The van der Waals surface area contributed by atoms with E-state index in [1.165, 1.54) is 19.2 Å². The minimum Gasteiger partial charge on any atom is -0.481 e. The Morgan fingerprint density at radius 2 is 2.22 bits per heavy atom. The van der Waals surface area contributed by atoms with Crippen LogP contribution in [0.1, 0.15) is 11.6 Å². The Labute approximate surface area is 102 Å². The lowest BCUT2D eigenvalue weighted by atomic mass is 10.4. The Kier molecular flexibility index (Phi) is 3.33. The van der Waals surface area contributed by atoms with Crippen LogP contribution >= 0.6 is 0 Å². The van der Waals surface area contributed by atoms with Crippen molar-refractivity contribution in [2.24, 2.45) is 0 Å². The van der Waals surface area contributed by atoms with E-state index in [1.54, 1.807) is 24.4 Å². The van der Waals surface area contributed by atoms with E-state index in [2.05, 4.69) is 9.97 Å². The topological polar surface area (TPSA) is 91.3 Å². The third-order valence-corrected chi connectivity index (χ3v) is 2.05. The van der Waals surface area contributed by atoms with Gasteiger partial charge in [0.2, 0.25) is 5.88 Å². The highest BCUT2D eigenvalue weighted by molar-refractivity contribution is 5.64. The molecule has 7 heteroatoms. The van der Waals surface area contributed by atoms with Gasteiger partial charge in [-0.3, -0.25) is 10.1 Å². The average Bonchev–Trinajstić information content (AvgIpc) is 2.85. The molecule has 0 N–H and O–H groups in total.